The van der Waals surface area contributed by atoms with Crippen LogP contribution < -0.4 is 0 Å². The summed E-state index contributed by atoms with van der Waals surface area (Å²) in [5, 5.41) is 11.5. The van der Waals surface area contributed by atoms with E-state index in [4.69, 9.17) is 0 Å². The summed E-state index contributed by atoms with van der Waals surface area (Å²) >= 11 is 1.76. The van der Waals surface area contributed by atoms with Crippen molar-refractivity contribution in [3.05, 3.63) is 57.5 Å². The van der Waals surface area contributed by atoms with Crippen LogP contribution in [0.4, 0.5) is 4.39 Å². The fraction of sp³-hybridized carbons (Fsp3) is 0.267. The molecule has 0 spiro atoms. The Kier molecular flexibility index (Phi) is 3.33. The Labute approximate surface area is 115 Å². The molecule has 1 aromatic heterocycles. The number of nitriles is 1. The zero-order chi connectivity index (χ0) is 13.2. The Morgan fingerprint density at radius 3 is 2.95 bits per heavy atom. The van der Waals surface area contributed by atoms with E-state index in [2.05, 4.69) is 17.5 Å². The van der Waals surface area contributed by atoms with Gasteiger partial charge in [0.1, 0.15) is 11.9 Å². The zero-order valence-corrected chi connectivity index (χ0v) is 11.2. The van der Waals surface area contributed by atoms with Crippen molar-refractivity contribution in [3.8, 4) is 6.07 Å². The fourth-order valence-electron chi connectivity index (χ4n) is 2.54. The highest BCUT2D eigenvalue weighted by atomic mass is 32.1. The summed E-state index contributed by atoms with van der Waals surface area (Å²) in [7, 11) is 0. The molecule has 4 heteroatoms. The van der Waals surface area contributed by atoms with E-state index >= 15 is 0 Å². The van der Waals surface area contributed by atoms with Gasteiger partial charge in [0.2, 0.25) is 0 Å². The average Bonchev–Trinajstić information content (AvgIpc) is 2.89. The molecule has 3 rings (SSSR count). The van der Waals surface area contributed by atoms with Crippen LogP contribution in [0.2, 0.25) is 0 Å². The normalized spacial score (nSPS) is 16.6. The molecular weight excluding hydrogens is 259 g/mol. The lowest BCUT2D eigenvalue weighted by molar-refractivity contribution is 0.215. The number of rotatable bonds is 2. The summed E-state index contributed by atoms with van der Waals surface area (Å²) in [5.41, 5.74) is 1.75. The summed E-state index contributed by atoms with van der Waals surface area (Å²) in [4.78, 5) is 3.44. The lowest BCUT2D eigenvalue weighted by Crippen LogP contribution is -2.33. The smallest absolute Gasteiger partial charge is 0.129 e. The molecule has 0 aliphatic carbocycles. The molecule has 1 aromatic carbocycles. The van der Waals surface area contributed by atoms with Gasteiger partial charge in [-0.05, 0) is 29.5 Å². The van der Waals surface area contributed by atoms with Gasteiger partial charge < -0.3 is 0 Å². The molecule has 2 aromatic rings. The Morgan fingerprint density at radius 1 is 1.32 bits per heavy atom. The van der Waals surface area contributed by atoms with E-state index in [0.29, 0.717) is 5.56 Å². The van der Waals surface area contributed by atoms with Crippen LogP contribution in [0.1, 0.15) is 22.0 Å². The first-order chi connectivity index (χ1) is 9.29. The lowest BCUT2D eigenvalue weighted by Gasteiger charge is -2.30. The second kappa shape index (κ2) is 5.12. The molecule has 0 amide bonds. The van der Waals surface area contributed by atoms with Crippen molar-refractivity contribution in [2.75, 3.05) is 6.54 Å². The van der Waals surface area contributed by atoms with Gasteiger partial charge in [-0.15, -0.1) is 11.3 Å². The molecule has 0 radical (unpaired) electrons. The predicted molar refractivity (Wildman–Crippen MR) is 73.2 cm³/mol. The molecule has 1 atom stereocenters. The Bertz CT molecular complexity index is 629. The van der Waals surface area contributed by atoms with Gasteiger partial charge in [-0.25, -0.2) is 4.39 Å². The van der Waals surface area contributed by atoms with Gasteiger partial charge in [0.05, 0.1) is 6.07 Å². The first-order valence-corrected chi connectivity index (χ1v) is 7.11. The van der Waals surface area contributed by atoms with Gasteiger partial charge in [0, 0.05) is 23.5 Å². The van der Waals surface area contributed by atoms with Crippen LogP contribution in [-0.2, 0) is 13.0 Å². The SMILES string of the molecule is N#C[C@@H](c1ccccc1F)N1CCc2sccc2C1. The van der Waals surface area contributed by atoms with E-state index in [0.717, 1.165) is 19.5 Å². The topological polar surface area (TPSA) is 27.0 Å². The lowest BCUT2D eigenvalue weighted by atomic mass is 10.0. The van der Waals surface area contributed by atoms with Crippen molar-refractivity contribution < 1.29 is 4.39 Å². The maximum absolute atomic E-state index is 13.8. The number of benzene rings is 1. The standard InChI is InChI=1S/C15H13FN2S/c16-13-4-2-1-3-12(13)14(9-17)18-7-5-15-11(10-18)6-8-19-15/h1-4,6,8,14H,5,7,10H2/t14-/m0/s1. The van der Waals surface area contributed by atoms with Gasteiger partial charge in [0.25, 0.3) is 0 Å². The number of fused-ring (bicyclic) bond motifs is 1. The van der Waals surface area contributed by atoms with Crippen LogP contribution >= 0.6 is 11.3 Å². The highest BCUT2D eigenvalue weighted by molar-refractivity contribution is 7.10. The van der Waals surface area contributed by atoms with Crippen molar-refractivity contribution in [3.63, 3.8) is 0 Å². The van der Waals surface area contributed by atoms with Crippen LogP contribution in [0.25, 0.3) is 0 Å². The minimum Gasteiger partial charge on any atom is -0.280 e. The van der Waals surface area contributed by atoms with Gasteiger partial charge >= 0.3 is 0 Å². The van der Waals surface area contributed by atoms with Gasteiger partial charge in [-0.3, -0.25) is 4.90 Å². The molecule has 2 nitrogen and oxygen atoms in total. The van der Waals surface area contributed by atoms with E-state index in [1.54, 1.807) is 29.5 Å². The van der Waals surface area contributed by atoms with Crippen molar-refractivity contribution in [1.29, 1.82) is 5.26 Å². The monoisotopic (exact) mass is 272 g/mol. The Hall–Kier alpha value is -1.70. The van der Waals surface area contributed by atoms with Gasteiger partial charge in [-0.1, -0.05) is 18.2 Å². The van der Waals surface area contributed by atoms with E-state index in [1.165, 1.54) is 16.5 Å². The van der Waals surface area contributed by atoms with Crippen LogP contribution in [0.15, 0.2) is 35.7 Å². The average molecular weight is 272 g/mol. The third kappa shape index (κ3) is 2.27. The zero-order valence-electron chi connectivity index (χ0n) is 10.3. The Morgan fingerprint density at radius 2 is 2.16 bits per heavy atom. The number of hydrogen-bond donors (Lipinski definition) is 0. The molecule has 1 aliphatic heterocycles. The molecule has 2 heterocycles. The molecule has 0 unspecified atom stereocenters. The third-order valence-electron chi connectivity index (χ3n) is 3.52. The Balaban J connectivity index is 1.89. The molecule has 0 fully saturated rings. The number of hydrogen-bond acceptors (Lipinski definition) is 3. The van der Waals surface area contributed by atoms with Crippen LogP contribution in [0.3, 0.4) is 0 Å². The largest absolute Gasteiger partial charge is 0.280 e. The third-order valence-corrected chi connectivity index (χ3v) is 4.55. The van der Waals surface area contributed by atoms with E-state index in [9.17, 15) is 9.65 Å². The van der Waals surface area contributed by atoms with E-state index < -0.39 is 6.04 Å². The second-order valence-corrected chi connectivity index (χ2v) is 5.64. The highest BCUT2D eigenvalue weighted by Crippen LogP contribution is 2.30. The first kappa shape index (κ1) is 12.3. The van der Waals surface area contributed by atoms with Crippen LogP contribution in [0, 0.1) is 17.1 Å². The first-order valence-electron chi connectivity index (χ1n) is 6.23. The van der Waals surface area contributed by atoms with Gasteiger partial charge in [0.15, 0.2) is 0 Å². The maximum atomic E-state index is 13.8. The van der Waals surface area contributed by atoms with Gasteiger partial charge in [-0.2, -0.15) is 5.26 Å². The summed E-state index contributed by atoms with van der Waals surface area (Å²) in [6, 6.07) is 10.4. The minimum absolute atomic E-state index is 0.301. The van der Waals surface area contributed by atoms with Crippen molar-refractivity contribution in [1.82, 2.24) is 4.90 Å². The maximum Gasteiger partial charge on any atom is 0.129 e. The molecule has 0 saturated carbocycles. The molecule has 1 aliphatic rings. The molecule has 0 N–H and O–H groups in total. The quantitative estimate of drug-likeness (QED) is 0.836. The van der Waals surface area contributed by atoms with Crippen molar-refractivity contribution in [2.24, 2.45) is 0 Å². The highest BCUT2D eigenvalue weighted by Gasteiger charge is 2.26. The summed E-state index contributed by atoms with van der Waals surface area (Å²) < 4.78 is 13.8. The summed E-state index contributed by atoms with van der Waals surface area (Å²) in [6.45, 7) is 1.53. The number of nitrogens with zero attached hydrogens (tertiary/aromatic N) is 2. The molecule has 96 valence electrons. The molecule has 19 heavy (non-hydrogen) atoms. The van der Waals surface area contributed by atoms with Crippen LogP contribution in [-0.4, -0.2) is 11.4 Å². The van der Waals surface area contributed by atoms with E-state index in [1.807, 2.05) is 4.90 Å². The molecule has 0 saturated heterocycles. The van der Waals surface area contributed by atoms with Crippen molar-refractivity contribution >= 4 is 11.3 Å². The fourth-order valence-corrected chi connectivity index (χ4v) is 3.43. The summed E-state index contributed by atoms with van der Waals surface area (Å²) in [5.74, 6) is -0.301. The predicted octanol–water partition coefficient (Wildman–Crippen LogP) is 3.51. The minimum atomic E-state index is -0.505. The molecular formula is C15H13FN2S. The molecule has 0 bridgehead atoms. The summed E-state index contributed by atoms with van der Waals surface area (Å²) in [6.07, 6.45) is 0.944. The van der Waals surface area contributed by atoms with Crippen LogP contribution in [0.5, 0.6) is 0 Å². The second-order valence-electron chi connectivity index (χ2n) is 4.64. The number of halogens is 1. The number of thiophene rings is 1. The van der Waals surface area contributed by atoms with E-state index in [-0.39, 0.29) is 5.82 Å². The van der Waals surface area contributed by atoms with Crippen molar-refractivity contribution in [2.45, 2.75) is 19.0 Å².